The van der Waals surface area contributed by atoms with Gasteiger partial charge in [-0.2, -0.15) is 5.10 Å². The third kappa shape index (κ3) is 5.07. The maximum Gasteiger partial charge on any atom is 0.257 e. The minimum atomic E-state index is -0.106. The van der Waals surface area contributed by atoms with Crippen molar-refractivity contribution in [2.45, 2.75) is 38.6 Å². The van der Waals surface area contributed by atoms with E-state index in [0.29, 0.717) is 19.6 Å². The lowest BCUT2D eigenvalue weighted by Crippen LogP contribution is -2.40. The number of hydrogen-bond acceptors (Lipinski definition) is 5. The van der Waals surface area contributed by atoms with Gasteiger partial charge >= 0.3 is 0 Å². The molecule has 2 aliphatic rings. The van der Waals surface area contributed by atoms with E-state index in [1.165, 1.54) is 6.42 Å². The summed E-state index contributed by atoms with van der Waals surface area (Å²) in [6.07, 6.45) is 4.26. The van der Waals surface area contributed by atoms with Crippen molar-refractivity contribution in [2.75, 3.05) is 33.4 Å². The molecule has 1 unspecified atom stereocenters. The van der Waals surface area contributed by atoms with Crippen LogP contribution < -0.4 is 9.47 Å². The van der Waals surface area contributed by atoms with Gasteiger partial charge in [0, 0.05) is 6.42 Å². The van der Waals surface area contributed by atoms with Gasteiger partial charge in [0.15, 0.2) is 0 Å². The van der Waals surface area contributed by atoms with E-state index in [-0.39, 0.29) is 11.9 Å². The summed E-state index contributed by atoms with van der Waals surface area (Å²) in [7, 11) is 1.66. The topological polar surface area (TPSA) is 54.4 Å². The first-order valence-corrected chi connectivity index (χ1v) is 11.2. The highest BCUT2D eigenvalue weighted by Gasteiger charge is 2.33. The monoisotopic (exact) mass is 421 g/mol. The number of carbonyl (C=O) groups excluding carboxylic acids is 1. The Morgan fingerprint density at radius 2 is 1.68 bits per heavy atom. The second-order valence-corrected chi connectivity index (χ2v) is 8.07. The molecule has 1 saturated heterocycles. The van der Waals surface area contributed by atoms with Crippen LogP contribution in [0.2, 0.25) is 0 Å². The molecule has 31 heavy (non-hydrogen) atoms. The zero-order valence-corrected chi connectivity index (χ0v) is 18.4. The zero-order valence-electron chi connectivity index (χ0n) is 18.4. The summed E-state index contributed by atoms with van der Waals surface area (Å²) < 4.78 is 10.9. The molecule has 4 rings (SSSR count). The molecule has 1 fully saturated rings. The Morgan fingerprint density at radius 3 is 2.32 bits per heavy atom. The van der Waals surface area contributed by atoms with Crippen LogP contribution in [0, 0.1) is 0 Å². The third-order valence-corrected chi connectivity index (χ3v) is 5.97. The van der Waals surface area contributed by atoms with Crippen LogP contribution in [0.15, 0.2) is 53.6 Å². The molecular weight excluding hydrogens is 390 g/mol. The maximum atomic E-state index is 13.3. The highest BCUT2D eigenvalue weighted by Crippen LogP contribution is 2.34. The maximum absolute atomic E-state index is 13.3. The minimum Gasteiger partial charge on any atom is -0.497 e. The Kier molecular flexibility index (Phi) is 6.87. The highest BCUT2D eigenvalue weighted by molar-refractivity contribution is 6.03. The number of hydrazone groups is 1. The van der Waals surface area contributed by atoms with Gasteiger partial charge in [-0.3, -0.25) is 9.69 Å². The van der Waals surface area contributed by atoms with E-state index < -0.39 is 0 Å². The van der Waals surface area contributed by atoms with E-state index in [4.69, 9.17) is 14.6 Å². The van der Waals surface area contributed by atoms with E-state index in [1.807, 2.05) is 55.5 Å². The summed E-state index contributed by atoms with van der Waals surface area (Å²) in [6, 6.07) is 15.8. The molecule has 6 nitrogen and oxygen atoms in total. The molecule has 0 bridgehead atoms. The molecule has 0 spiro atoms. The molecule has 2 aromatic rings. The van der Waals surface area contributed by atoms with Gasteiger partial charge in [-0.05, 0) is 80.4 Å². The predicted molar refractivity (Wildman–Crippen MR) is 122 cm³/mol. The van der Waals surface area contributed by atoms with Crippen LogP contribution in [0.25, 0.3) is 0 Å². The van der Waals surface area contributed by atoms with Crippen molar-refractivity contribution >= 4 is 11.6 Å². The number of piperidine rings is 1. The van der Waals surface area contributed by atoms with Crippen molar-refractivity contribution in [3.05, 3.63) is 59.7 Å². The standard InChI is InChI=1S/C25H31N3O3/c1-3-31-22-13-9-20(10-14-22)24-17-23(19-7-11-21(30-2)12-8-19)26-28(24)25(29)18-27-15-5-4-6-16-27/h7-14,24H,3-6,15-18H2,1-2H3. The molecule has 0 saturated carbocycles. The van der Waals surface area contributed by atoms with Gasteiger partial charge in [0.05, 0.1) is 32.0 Å². The molecule has 6 heteroatoms. The van der Waals surface area contributed by atoms with Crippen LogP contribution in [0.5, 0.6) is 11.5 Å². The molecule has 0 aromatic heterocycles. The Balaban J connectivity index is 1.57. The fourth-order valence-corrected chi connectivity index (χ4v) is 4.29. The number of amides is 1. The van der Waals surface area contributed by atoms with Crippen molar-refractivity contribution in [1.82, 2.24) is 9.91 Å². The Labute approximate surface area is 184 Å². The van der Waals surface area contributed by atoms with Gasteiger partial charge in [0.2, 0.25) is 0 Å². The van der Waals surface area contributed by atoms with Gasteiger partial charge in [-0.25, -0.2) is 5.01 Å². The molecule has 2 heterocycles. The minimum absolute atomic E-state index is 0.0595. The highest BCUT2D eigenvalue weighted by atomic mass is 16.5. The van der Waals surface area contributed by atoms with Gasteiger partial charge in [-0.15, -0.1) is 0 Å². The smallest absolute Gasteiger partial charge is 0.257 e. The molecule has 0 radical (unpaired) electrons. The van der Waals surface area contributed by atoms with Crippen LogP contribution in [0.1, 0.15) is 49.8 Å². The predicted octanol–water partition coefficient (Wildman–Crippen LogP) is 4.26. The van der Waals surface area contributed by atoms with Gasteiger partial charge in [-0.1, -0.05) is 18.6 Å². The summed E-state index contributed by atoms with van der Waals surface area (Å²) in [6.45, 7) is 5.01. The number of carbonyl (C=O) groups is 1. The average molecular weight is 422 g/mol. The van der Waals surface area contributed by atoms with Crippen LogP contribution in [0.4, 0.5) is 0 Å². The summed E-state index contributed by atoms with van der Waals surface area (Å²) in [4.78, 5) is 15.5. The normalized spacial score (nSPS) is 19.2. The van der Waals surface area contributed by atoms with E-state index in [9.17, 15) is 4.79 Å². The van der Waals surface area contributed by atoms with E-state index in [1.54, 1.807) is 12.1 Å². The first-order chi connectivity index (χ1) is 15.2. The van der Waals surface area contributed by atoms with Crippen LogP contribution in [0.3, 0.4) is 0 Å². The lowest BCUT2D eigenvalue weighted by atomic mass is 9.98. The summed E-state index contributed by atoms with van der Waals surface area (Å²) in [5.74, 6) is 1.71. The van der Waals surface area contributed by atoms with Crippen molar-refractivity contribution in [3.63, 3.8) is 0 Å². The fourth-order valence-electron chi connectivity index (χ4n) is 4.29. The number of rotatable bonds is 7. The van der Waals surface area contributed by atoms with Gasteiger partial charge in [0.25, 0.3) is 5.91 Å². The molecule has 164 valence electrons. The van der Waals surface area contributed by atoms with Crippen molar-refractivity contribution in [2.24, 2.45) is 5.10 Å². The largest absolute Gasteiger partial charge is 0.497 e. The number of methoxy groups -OCH3 is 1. The molecule has 1 amide bonds. The Morgan fingerprint density at radius 1 is 1.00 bits per heavy atom. The first-order valence-electron chi connectivity index (χ1n) is 11.2. The molecule has 2 aliphatic heterocycles. The molecule has 0 aliphatic carbocycles. The van der Waals surface area contributed by atoms with E-state index in [2.05, 4.69) is 4.90 Å². The van der Waals surface area contributed by atoms with Crippen LogP contribution in [-0.4, -0.2) is 54.9 Å². The quantitative estimate of drug-likeness (QED) is 0.670. The third-order valence-electron chi connectivity index (χ3n) is 5.97. The van der Waals surface area contributed by atoms with Gasteiger partial charge < -0.3 is 9.47 Å². The lowest BCUT2D eigenvalue weighted by molar-refractivity contribution is -0.134. The summed E-state index contributed by atoms with van der Waals surface area (Å²) in [5, 5.41) is 6.50. The average Bonchev–Trinajstić information content (AvgIpc) is 3.26. The molecule has 2 aromatic carbocycles. The van der Waals surface area contributed by atoms with E-state index in [0.717, 1.165) is 54.3 Å². The fraction of sp³-hybridized carbons (Fsp3) is 0.440. The molecular formula is C25H31N3O3. The number of ether oxygens (including phenoxy) is 2. The van der Waals surface area contributed by atoms with E-state index >= 15 is 0 Å². The Bertz CT molecular complexity index is 903. The van der Waals surface area contributed by atoms with Crippen molar-refractivity contribution < 1.29 is 14.3 Å². The van der Waals surface area contributed by atoms with Crippen LogP contribution >= 0.6 is 0 Å². The van der Waals surface area contributed by atoms with Crippen molar-refractivity contribution in [1.29, 1.82) is 0 Å². The number of nitrogens with zero attached hydrogens (tertiary/aromatic N) is 3. The van der Waals surface area contributed by atoms with Crippen molar-refractivity contribution in [3.8, 4) is 11.5 Å². The molecule has 0 N–H and O–H groups in total. The second kappa shape index (κ2) is 9.96. The number of benzene rings is 2. The zero-order chi connectivity index (χ0) is 21.6. The first kappa shape index (κ1) is 21.4. The summed E-state index contributed by atoms with van der Waals surface area (Å²) >= 11 is 0. The second-order valence-electron chi connectivity index (χ2n) is 8.07. The summed E-state index contributed by atoms with van der Waals surface area (Å²) in [5.41, 5.74) is 3.02. The molecule has 1 atom stereocenters. The SMILES string of the molecule is CCOc1ccc(C2CC(c3ccc(OC)cc3)=NN2C(=O)CN2CCCCC2)cc1. The van der Waals surface area contributed by atoms with Gasteiger partial charge in [0.1, 0.15) is 11.5 Å². The number of hydrogen-bond donors (Lipinski definition) is 0. The lowest BCUT2D eigenvalue weighted by Gasteiger charge is -2.29. The number of likely N-dealkylation sites (tertiary alicyclic amines) is 1. The van der Waals surface area contributed by atoms with Crippen LogP contribution in [-0.2, 0) is 4.79 Å². The Hall–Kier alpha value is -2.86.